The van der Waals surface area contributed by atoms with Gasteiger partial charge in [-0.15, -0.1) is 0 Å². The van der Waals surface area contributed by atoms with Gasteiger partial charge in [-0.1, -0.05) is 15.9 Å². The number of hydrogen-bond donors (Lipinski definition) is 0. The van der Waals surface area contributed by atoms with Crippen LogP contribution in [-0.2, 0) is 4.74 Å². The highest BCUT2D eigenvalue weighted by Crippen LogP contribution is 2.28. The first-order chi connectivity index (χ1) is 11.9. The summed E-state index contributed by atoms with van der Waals surface area (Å²) in [5.41, 5.74) is 0.582. The summed E-state index contributed by atoms with van der Waals surface area (Å²) < 4.78 is 37.9. The Morgan fingerprint density at radius 1 is 1.16 bits per heavy atom. The van der Waals surface area contributed by atoms with Crippen LogP contribution in [0.2, 0.25) is 0 Å². The number of halogens is 3. The van der Waals surface area contributed by atoms with Crippen molar-refractivity contribution in [2.24, 2.45) is 0 Å². The summed E-state index contributed by atoms with van der Waals surface area (Å²) in [5, 5.41) is 0.726. The van der Waals surface area contributed by atoms with E-state index in [0.29, 0.717) is 11.1 Å². The molecule has 25 heavy (non-hydrogen) atoms. The van der Waals surface area contributed by atoms with Gasteiger partial charge in [0.25, 0.3) is 0 Å². The van der Waals surface area contributed by atoms with Crippen LogP contribution in [0.5, 0.6) is 0 Å². The van der Waals surface area contributed by atoms with Crippen molar-refractivity contribution in [3.05, 3.63) is 69.4 Å². The molecular weight excluding hydrogens is 398 g/mol. The number of ketones is 1. The molecule has 0 atom stereocenters. The summed E-state index contributed by atoms with van der Waals surface area (Å²) in [6.45, 7) is 0.961. The topological polar surface area (TPSA) is 56.5 Å². The highest BCUT2D eigenvalue weighted by Gasteiger charge is 2.21. The molecule has 0 aliphatic carbocycles. The molecule has 0 saturated heterocycles. The summed E-state index contributed by atoms with van der Waals surface area (Å²) in [6, 6.07) is 7.74. The summed E-state index contributed by atoms with van der Waals surface area (Å²) >= 11 is 3.33. The first-order valence-electron chi connectivity index (χ1n) is 7.21. The zero-order valence-electron chi connectivity index (χ0n) is 12.9. The van der Waals surface area contributed by atoms with Crippen LogP contribution in [0.15, 0.2) is 45.3 Å². The zero-order chi connectivity index (χ0) is 18.1. The molecule has 1 heterocycles. The largest absolute Gasteiger partial charge is 0.451 e. The van der Waals surface area contributed by atoms with Crippen molar-refractivity contribution in [2.75, 3.05) is 6.61 Å². The van der Waals surface area contributed by atoms with Crippen LogP contribution < -0.4 is 0 Å². The molecule has 0 fully saturated rings. The van der Waals surface area contributed by atoms with Gasteiger partial charge in [0.1, 0.15) is 17.2 Å². The first-order valence-corrected chi connectivity index (χ1v) is 8.00. The van der Waals surface area contributed by atoms with Crippen molar-refractivity contribution < 1.29 is 27.5 Å². The number of aryl methyl sites for hydroxylation is 1. The Morgan fingerprint density at radius 2 is 1.92 bits per heavy atom. The van der Waals surface area contributed by atoms with Gasteiger partial charge in [0.05, 0.1) is 5.56 Å². The van der Waals surface area contributed by atoms with E-state index < -0.39 is 35.6 Å². The van der Waals surface area contributed by atoms with Crippen LogP contribution in [0.1, 0.15) is 26.5 Å². The monoisotopic (exact) mass is 408 g/mol. The summed E-state index contributed by atoms with van der Waals surface area (Å²) in [4.78, 5) is 24.1. The molecule has 3 aromatic rings. The average Bonchev–Trinajstić information content (AvgIpc) is 2.91. The van der Waals surface area contributed by atoms with Crippen molar-refractivity contribution >= 4 is 38.7 Å². The molecule has 2 aromatic carbocycles. The number of Topliss-reactive ketones (excluding diaryl/α,β-unsaturated/α-hetero) is 1. The molecule has 7 heteroatoms. The van der Waals surface area contributed by atoms with Crippen LogP contribution in [0, 0.1) is 18.6 Å². The van der Waals surface area contributed by atoms with Crippen molar-refractivity contribution in [2.45, 2.75) is 6.92 Å². The summed E-state index contributed by atoms with van der Waals surface area (Å²) in [5.74, 6) is -3.38. The Balaban J connectivity index is 1.78. The Hall–Kier alpha value is -2.54. The third-order valence-corrected chi connectivity index (χ3v) is 4.14. The lowest BCUT2D eigenvalue weighted by atomic mass is 10.1. The Bertz CT molecular complexity index is 994. The number of ether oxygens (including phenoxy) is 1. The molecule has 0 N–H and O–H groups in total. The second-order valence-electron chi connectivity index (χ2n) is 5.32. The van der Waals surface area contributed by atoms with E-state index in [-0.39, 0.29) is 5.76 Å². The molecule has 3 rings (SSSR count). The summed E-state index contributed by atoms with van der Waals surface area (Å²) in [7, 11) is 0. The smallest absolute Gasteiger partial charge is 0.375 e. The lowest BCUT2D eigenvalue weighted by molar-refractivity contribution is 0.0444. The number of furan rings is 1. The molecular formula is C18H11BrF2O4. The Morgan fingerprint density at radius 3 is 2.68 bits per heavy atom. The zero-order valence-corrected chi connectivity index (χ0v) is 14.5. The maximum Gasteiger partial charge on any atom is 0.375 e. The molecule has 0 saturated carbocycles. The van der Waals surface area contributed by atoms with Gasteiger partial charge in [-0.25, -0.2) is 13.6 Å². The van der Waals surface area contributed by atoms with Crippen LogP contribution in [0.25, 0.3) is 11.0 Å². The second kappa shape index (κ2) is 6.76. The SMILES string of the molecule is Cc1c(C(=O)OCC(=O)c2cc(F)ccc2F)oc2ccc(Br)cc12. The maximum absolute atomic E-state index is 13.6. The van der Waals surface area contributed by atoms with Crippen molar-refractivity contribution in [1.82, 2.24) is 0 Å². The van der Waals surface area contributed by atoms with Crippen LogP contribution in [0.4, 0.5) is 8.78 Å². The number of hydrogen-bond acceptors (Lipinski definition) is 4. The third kappa shape index (κ3) is 3.46. The fraction of sp³-hybridized carbons (Fsp3) is 0.111. The number of carbonyl (C=O) groups is 2. The fourth-order valence-electron chi connectivity index (χ4n) is 2.37. The first kappa shape index (κ1) is 17.3. The van der Waals surface area contributed by atoms with Gasteiger partial charge in [-0.3, -0.25) is 4.79 Å². The number of esters is 1. The summed E-state index contributed by atoms with van der Waals surface area (Å²) in [6.07, 6.45) is 0. The number of carbonyl (C=O) groups excluding carboxylic acids is 2. The highest BCUT2D eigenvalue weighted by molar-refractivity contribution is 9.10. The number of rotatable bonds is 4. The Labute approximate surface area is 149 Å². The third-order valence-electron chi connectivity index (χ3n) is 3.65. The van der Waals surface area contributed by atoms with Crippen LogP contribution >= 0.6 is 15.9 Å². The van der Waals surface area contributed by atoms with Gasteiger partial charge in [-0.05, 0) is 43.3 Å². The quantitative estimate of drug-likeness (QED) is 0.458. The lowest BCUT2D eigenvalue weighted by Crippen LogP contribution is -2.15. The Kier molecular flexibility index (Phi) is 4.67. The van der Waals surface area contributed by atoms with Crippen molar-refractivity contribution in [1.29, 1.82) is 0 Å². The maximum atomic E-state index is 13.6. The van der Waals surface area contributed by atoms with E-state index in [4.69, 9.17) is 9.15 Å². The average molecular weight is 409 g/mol. The fourth-order valence-corrected chi connectivity index (χ4v) is 2.73. The van der Waals surface area contributed by atoms with Crippen LogP contribution in [-0.4, -0.2) is 18.4 Å². The molecule has 0 radical (unpaired) electrons. The van der Waals surface area contributed by atoms with E-state index in [2.05, 4.69) is 15.9 Å². The lowest BCUT2D eigenvalue weighted by Gasteiger charge is -2.04. The van der Waals surface area contributed by atoms with E-state index in [0.717, 1.165) is 28.1 Å². The standard InChI is InChI=1S/C18H11BrF2O4/c1-9-12-6-10(19)2-5-16(12)25-17(9)18(23)24-8-15(22)13-7-11(20)3-4-14(13)21/h2-7H,8H2,1H3. The van der Waals surface area contributed by atoms with Crippen molar-refractivity contribution in [3.8, 4) is 0 Å². The molecule has 0 spiro atoms. The molecule has 0 amide bonds. The van der Waals surface area contributed by atoms with Gasteiger partial charge < -0.3 is 9.15 Å². The van der Waals surface area contributed by atoms with Crippen LogP contribution in [0.3, 0.4) is 0 Å². The van der Waals surface area contributed by atoms with Gasteiger partial charge >= 0.3 is 5.97 Å². The molecule has 0 unspecified atom stereocenters. The van der Waals surface area contributed by atoms with E-state index in [1.807, 2.05) is 0 Å². The minimum Gasteiger partial charge on any atom is -0.451 e. The van der Waals surface area contributed by atoms with E-state index in [9.17, 15) is 18.4 Å². The van der Waals surface area contributed by atoms with Gasteiger partial charge in [0.2, 0.25) is 11.5 Å². The second-order valence-corrected chi connectivity index (χ2v) is 6.24. The molecule has 4 nitrogen and oxygen atoms in total. The predicted molar refractivity (Wildman–Crippen MR) is 89.6 cm³/mol. The molecule has 0 aliphatic heterocycles. The highest BCUT2D eigenvalue weighted by atomic mass is 79.9. The van der Waals surface area contributed by atoms with Crippen molar-refractivity contribution in [3.63, 3.8) is 0 Å². The van der Waals surface area contributed by atoms with E-state index in [1.54, 1.807) is 25.1 Å². The van der Waals surface area contributed by atoms with Gasteiger partial charge in [-0.2, -0.15) is 0 Å². The number of fused-ring (bicyclic) bond motifs is 1. The molecule has 0 bridgehead atoms. The normalized spacial score (nSPS) is 10.9. The molecule has 0 aliphatic rings. The van der Waals surface area contributed by atoms with Gasteiger partial charge in [0, 0.05) is 15.4 Å². The van der Waals surface area contributed by atoms with Gasteiger partial charge in [0.15, 0.2) is 6.61 Å². The molecule has 1 aromatic heterocycles. The van der Waals surface area contributed by atoms with E-state index >= 15 is 0 Å². The minimum absolute atomic E-state index is 0.0411. The molecule has 128 valence electrons. The van der Waals surface area contributed by atoms with E-state index in [1.165, 1.54) is 0 Å². The number of benzene rings is 2. The predicted octanol–water partition coefficient (Wildman–Crippen LogP) is 4.82. The minimum atomic E-state index is -0.882.